The second-order valence-corrected chi connectivity index (χ2v) is 28.3. The van der Waals surface area contributed by atoms with E-state index in [-0.39, 0.29) is 0 Å². The van der Waals surface area contributed by atoms with E-state index < -0.39 is 10.8 Å². The molecule has 0 aliphatic carbocycles. The van der Waals surface area contributed by atoms with Gasteiger partial charge in [-0.25, -0.2) is 0 Å². The molecule has 0 amide bonds. The van der Waals surface area contributed by atoms with Crippen LogP contribution in [0.2, 0.25) is 0 Å². The standard InChI is InChI=1S/4ClH.Zn/h4*1H;/q;;;;+2/p-4. The number of halogens is 4. The zero-order valence-electron chi connectivity index (χ0n) is 2.22. The van der Waals surface area contributed by atoms with Gasteiger partial charge >= 0.3 is 49.6 Å². The van der Waals surface area contributed by atoms with E-state index in [0.717, 1.165) is 0 Å². The van der Waals surface area contributed by atoms with Gasteiger partial charge in [-0.2, -0.15) is 0 Å². The van der Waals surface area contributed by atoms with E-state index in [1.54, 1.807) is 0 Å². The Balaban J connectivity index is 3.02. The molecular weight excluding hydrogens is 207 g/mol. The molecule has 0 heterocycles. The molecule has 0 N–H and O–H groups in total. The summed E-state index contributed by atoms with van der Waals surface area (Å²) in [6.45, 7) is 0. The van der Waals surface area contributed by atoms with Gasteiger partial charge in [-0.05, 0) is 0 Å². The molecule has 0 saturated heterocycles. The Morgan fingerprint density at radius 3 is 0.800 bits per heavy atom. The molecule has 5 heavy (non-hydrogen) atoms. The molecule has 0 unspecified atom stereocenters. The van der Waals surface area contributed by atoms with E-state index in [4.69, 9.17) is 38.8 Å². The molecule has 0 saturated carbocycles. The molecule has 0 aliphatic heterocycles. The molecule has 0 radical (unpaired) electrons. The molecule has 0 aliphatic rings. The average Bonchev–Trinajstić information content (AvgIpc) is 0.722. The van der Waals surface area contributed by atoms with E-state index in [9.17, 15) is 0 Å². The SMILES string of the molecule is [Cl][Zn-2]([Cl])([Cl])[Cl]. The Hall–Kier alpha value is 1.78. The van der Waals surface area contributed by atoms with Crippen molar-refractivity contribution in [1.29, 1.82) is 0 Å². The predicted molar refractivity (Wildman–Crippen MR) is 23.4 cm³/mol. The molecule has 0 aromatic rings. The van der Waals surface area contributed by atoms with Gasteiger partial charge in [-0.15, -0.1) is 0 Å². The van der Waals surface area contributed by atoms with E-state index in [1.807, 2.05) is 0 Å². The van der Waals surface area contributed by atoms with Crippen molar-refractivity contribution in [1.82, 2.24) is 0 Å². The number of rotatable bonds is 0. The third-order valence-corrected chi connectivity index (χ3v) is 0. The van der Waals surface area contributed by atoms with Crippen molar-refractivity contribution in [2.24, 2.45) is 0 Å². The summed E-state index contributed by atoms with van der Waals surface area (Å²) in [4.78, 5) is 0. The summed E-state index contributed by atoms with van der Waals surface area (Å²) in [6.07, 6.45) is 0. The first-order chi connectivity index (χ1) is 2.00. The van der Waals surface area contributed by atoms with E-state index >= 15 is 0 Å². The maximum atomic E-state index is 5.05. The second-order valence-electron chi connectivity index (χ2n) is 0.606. The van der Waals surface area contributed by atoms with Crippen LogP contribution in [0.3, 0.4) is 0 Å². The third-order valence-electron chi connectivity index (χ3n) is 0. The van der Waals surface area contributed by atoms with Crippen molar-refractivity contribution in [2.75, 3.05) is 0 Å². The van der Waals surface area contributed by atoms with Gasteiger partial charge in [0.2, 0.25) is 0 Å². The van der Waals surface area contributed by atoms with Crippen LogP contribution in [0.4, 0.5) is 0 Å². The van der Waals surface area contributed by atoms with Gasteiger partial charge in [0.25, 0.3) is 0 Å². The fourth-order valence-corrected chi connectivity index (χ4v) is 0. The third kappa shape index (κ3) is 26.0. The van der Waals surface area contributed by atoms with Crippen LogP contribution in [0, 0.1) is 0 Å². The molecule has 32 valence electrons. The van der Waals surface area contributed by atoms with Crippen LogP contribution in [-0.4, -0.2) is 0 Å². The van der Waals surface area contributed by atoms with E-state index in [1.165, 1.54) is 0 Å². The minimum absolute atomic E-state index is 3.36. The monoisotopic (exact) mass is 204 g/mol. The van der Waals surface area contributed by atoms with Crippen LogP contribution in [0.25, 0.3) is 0 Å². The van der Waals surface area contributed by atoms with Gasteiger partial charge in [0, 0.05) is 0 Å². The molecular formula is Cl4Zn-2. The van der Waals surface area contributed by atoms with Crippen LogP contribution < -0.4 is 0 Å². The molecule has 0 nitrogen and oxygen atoms in total. The van der Waals surface area contributed by atoms with Crippen LogP contribution in [0.1, 0.15) is 0 Å². The van der Waals surface area contributed by atoms with Crippen molar-refractivity contribution < 1.29 is 10.8 Å². The Labute approximate surface area is 49.3 Å². The zero-order chi connectivity index (χ0) is 4.50. The molecule has 0 aromatic carbocycles. The minimum atomic E-state index is -3.36. The quantitative estimate of drug-likeness (QED) is 0.536. The van der Waals surface area contributed by atoms with E-state index in [0.29, 0.717) is 0 Å². The van der Waals surface area contributed by atoms with Gasteiger partial charge in [-0.3, -0.25) is 0 Å². The summed E-state index contributed by atoms with van der Waals surface area (Å²) < 4.78 is 0. The maximum absolute atomic E-state index is 5.05. The van der Waals surface area contributed by atoms with Crippen molar-refractivity contribution in [3.05, 3.63) is 0 Å². The van der Waals surface area contributed by atoms with Crippen LogP contribution in [-0.2, 0) is 10.8 Å². The molecule has 0 bridgehead atoms. The summed E-state index contributed by atoms with van der Waals surface area (Å²) in [7, 11) is 16.8. The van der Waals surface area contributed by atoms with Gasteiger partial charge < -0.3 is 0 Å². The average molecular weight is 207 g/mol. The molecule has 0 aromatic heterocycles. The number of hydrogen-bond donors (Lipinski definition) is 0. The van der Waals surface area contributed by atoms with Crippen LogP contribution >= 0.6 is 38.8 Å². The number of hydrogen-bond acceptors (Lipinski definition) is 0. The van der Waals surface area contributed by atoms with Crippen molar-refractivity contribution in [2.45, 2.75) is 0 Å². The van der Waals surface area contributed by atoms with Crippen LogP contribution in [0.5, 0.6) is 0 Å². The van der Waals surface area contributed by atoms with E-state index in [2.05, 4.69) is 0 Å². The van der Waals surface area contributed by atoms with Crippen molar-refractivity contribution in [3.63, 3.8) is 0 Å². The van der Waals surface area contributed by atoms with Gasteiger partial charge in [0.1, 0.15) is 0 Å². The van der Waals surface area contributed by atoms with Gasteiger partial charge in [-0.1, -0.05) is 0 Å². The zero-order valence-corrected chi connectivity index (χ0v) is 8.21. The van der Waals surface area contributed by atoms with Crippen molar-refractivity contribution in [3.8, 4) is 0 Å². The van der Waals surface area contributed by atoms with Gasteiger partial charge in [0.15, 0.2) is 0 Å². The van der Waals surface area contributed by atoms with Crippen molar-refractivity contribution >= 4 is 38.8 Å². The Morgan fingerprint density at radius 1 is 0.800 bits per heavy atom. The summed E-state index contributed by atoms with van der Waals surface area (Å²) in [5.74, 6) is 0. The topological polar surface area (TPSA) is 0 Å². The Bertz CT molecular complexity index is 19.1. The summed E-state index contributed by atoms with van der Waals surface area (Å²) in [5.41, 5.74) is 0. The fraction of sp³-hybridized carbons (Fsp3) is 0. The first kappa shape index (κ1) is 6.78. The molecule has 0 spiro atoms. The second kappa shape index (κ2) is 2.18. The molecule has 0 rings (SSSR count). The molecule has 0 fully saturated rings. The Kier molecular flexibility index (Phi) is 2.96. The summed E-state index contributed by atoms with van der Waals surface area (Å²) in [5, 5.41) is 0. The molecule has 5 heteroatoms. The normalized spacial score (nSPS) is 12.0. The summed E-state index contributed by atoms with van der Waals surface area (Å²) >= 11 is 0. The van der Waals surface area contributed by atoms with Gasteiger partial charge in [0.05, 0.1) is 0 Å². The first-order valence-electron chi connectivity index (χ1n) is 1.07. The fourth-order valence-electron chi connectivity index (χ4n) is 0. The summed E-state index contributed by atoms with van der Waals surface area (Å²) in [6, 6.07) is 0. The first-order valence-corrected chi connectivity index (χ1v) is 16.7. The van der Waals surface area contributed by atoms with Crippen LogP contribution in [0.15, 0.2) is 0 Å². The Morgan fingerprint density at radius 2 is 0.800 bits per heavy atom. The predicted octanol–water partition coefficient (Wildman–Crippen LogP) is 2.76. The molecule has 0 atom stereocenters.